The van der Waals surface area contributed by atoms with E-state index in [2.05, 4.69) is 13.0 Å². The van der Waals surface area contributed by atoms with Crippen molar-refractivity contribution in [2.75, 3.05) is 6.54 Å². The van der Waals surface area contributed by atoms with Gasteiger partial charge in [-0.15, -0.1) is 0 Å². The van der Waals surface area contributed by atoms with Crippen LogP contribution < -0.4 is 0 Å². The molecular weight excluding hydrogens is 302 g/mol. The van der Waals surface area contributed by atoms with Gasteiger partial charge in [0.2, 0.25) is 11.8 Å². The first-order valence-electron chi connectivity index (χ1n) is 9.09. The van der Waals surface area contributed by atoms with Crippen LogP contribution in [-0.2, 0) is 21.4 Å². The number of β-amino-alcohol motifs (C(OH)–C–C–N with tert-alkyl or cyclic N) is 1. The largest absolute Gasteiger partial charge is 0.388 e. The molecular formula is C20H25NO3. The van der Waals surface area contributed by atoms with Crippen molar-refractivity contribution in [3.05, 3.63) is 35.4 Å². The molecule has 2 amide bonds. The molecule has 1 unspecified atom stereocenters. The smallest absolute Gasteiger partial charge is 0.240 e. The monoisotopic (exact) mass is 327 g/mol. The van der Waals surface area contributed by atoms with E-state index in [1.54, 1.807) is 0 Å². The lowest BCUT2D eigenvalue weighted by Gasteiger charge is -2.37. The summed E-state index contributed by atoms with van der Waals surface area (Å²) in [5.41, 5.74) is 0.633. The number of benzene rings is 1. The second-order valence-corrected chi connectivity index (χ2v) is 8.11. The summed E-state index contributed by atoms with van der Waals surface area (Å²) in [6.07, 6.45) is 5.09. The van der Waals surface area contributed by atoms with Gasteiger partial charge in [0.25, 0.3) is 0 Å². The predicted octanol–water partition coefficient (Wildman–Crippen LogP) is 2.57. The molecule has 2 aliphatic carbocycles. The molecule has 1 saturated carbocycles. The standard InChI is InChI=1S/C20H25NO3/c1-14-6-9-19(24,10-7-14)13-21-17(22)12-20(18(21)23)11-8-15-4-2-3-5-16(15)20/h2-5,14,24H,6-13H2,1H3. The van der Waals surface area contributed by atoms with Crippen molar-refractivity contribution in [1.82, 2.24) is 4.90 Å². The van der Waals surface area contributed by atoms with Gasteiger partial charge in [-0.1, -0.05) is 31.2 Å². The van der Waals surface area contributed by atoms with Crippen molar-refractivity contribution in [1.29, 1.82) is 0 Å². The summed E-state index contributed by atoms with van der Waals surface area (Å²) < 4.78 is 0. The van der Waals surface area contributed by atoms with E-state index in [4.69, 9.17) is 0 Å². The Morgan fingerprint density at radius 3 is 2.62 bits per heavy atom. The van der Waals surface area contributed by atoms with Crippen LogP contribution in [0.3, 0.4) is 0 Å². The highest BCUT2D eigenvalue weighted by Gasteiger charge is 2.56. The van der Waals surface area contributed by atoms with E-state index in [1.807, 2.05) is 18.2 Å². The van der Waals surface area contributed by atoms with E-state index < -0.39 is 11.0 Å². The maximum atomic E-state index is 13.2. The minimum absolute atomic E-state index is 0.0931. The van der Waals surface area contributed by atoms with Crippen LogP contribution in [0.2, 0.25) is 0 Å². The Morgan fingerprint density at radius 1 is 1.17 bits per heavy atom. The molecule has 1 N–H and O–H groups in total. The normalized spacial score (nSPS) is 35.8. The molecule has 1 atom stereocenters. The predicted molar refractivity (Wildman–Crippen MR) is 90.4 cm³/mol. The highest BCUT2D eigenvalue weighted by molar-refractivity contribution is 6.09. The zero-order valence-corrected chi connectivity index (χ0v) is 14.3. The highest BCUT2D eigenvalue weighted by Crippen LogP contribution is 2.47. The molecule has 2 fully saturated rings. The summed E-state index contributed by atoms with van der Waals surface area (Å²) in [5, 5.41) is 10.9. The third-order valence-electron chi connectivity index (χ3n) is 6.42. The summed E-state index contributed by atoms with van der Waals surface area (Å²) in [6, 6.07) is 7.99. The number of carbonyl (C=O) groups is 2. The van der Waals surface area contributed by atoms with Gasteiger partial charge < -0.3 is 5.11 Å². The molecule has 1 saturated heterocycles. The fraction of sp³-hybridized carbons (Fsp3) is 0.600. The van der Waals surface area contributed by atoms with Crippen LogP contribution in [0.1, 0.15) is 56.6 Å². The summed E-state index contributed by atoms with van der Waals surface area (Å²) >= 11 is 0. The van der Waals surface area contributed by atoms with Gasteiger partial charge in [0, 0.05) is 6.42 Å². The minimum Gasteiger partial charge on any atom is -0.388 e. The second-order valence-electron chi connectivity index (χ2n) is 8.11. The van der Waals surface area contributed by atoms with Crippen LogP contribution in [0.15, 0.2) is 24.3 Å². The Hall–Kier alpha value is -1.68. The first-order valence-corrected chi connectivity index (χ1v) is 9.09. The molecule has 128 valence electrons. The zero-order valence-electron chi connectivity index (χ0n) is 14.3. The van der Waals surface area contributed by atoms with Crippen LogP contribution in [0.5, 0.6) is 0 Å². The number of hydrogen-bond donors (Lipinski definition) is 1. The highest BCUT2D eigenvalue weighted by atomic mass is 16.3. The number of imide groups is 1. The van der Waals surface area contributed by atoms with Crippen LogP contribution >= 0.6 is 0 Å². The van der Waals surface area contributed by atoms with Gasteiger partial charge in [0.05, 0.1) is 17.6 Å². The Kier molecular flexibility index (Phi) is 3.57. The van der Waals surface area contributed by atoms with Crippen molar-refractivity contribution >= 4 is 11.8 Å². The summed E-state index contributed by atoms with van der Waals surface area (Å²) in [7, 11) is 0. The molecule has 4 nitrogen and oxygen atoms in total. The third kappa shape index (κ3) is 2.31. The first-order chi connectivity index (χ1) is 11.4. The molecule has 0 aromatic heterocycles. The number of carbonyl (C=O) groups excluding carboxylic acids is 2. The van der Waals surface area contributed by atoms with Crippen molar-refractivity contribution in [2.45, 2.75) is 62.9 Å². The van der Waals surface area contributed by atoms with Gasteiger partial charge in [0.15, 0.2) is 0 Å². The van der Waals surface area contributed by atoms with Gasteiger partial charge >= 0.3 is 0 Å². The lowest BCUT2D eigenvalue weighted by molar-refractivity contribution is -0.145. The number of aryl methyl sites for hydroxylation is 1. The van der Waals surface area contributed by atoms with Crippen LogP contribution in [-0.4, -0.2) is 34.0 Å². The van der Waals surface area contributed by atoms with Crippen molar-refractivity contribution in [3.63, 3.8) is 0 Å². The number of likely N-dealkylation sites (tertiary alicyclic amines) is 1. The minimum atomic E-state index is -0.901. The third-order valence-corrected chi connectivity index (χ3v) is 6.42. The number of rotatable bonds is 2. The molecule has 0 bridgehead atoms. The molecule has 1 aliphatic heterocycles. The molecule has 4 heteroatoms. The number of nitrogens with zero attached hydrogens (tertiary/aromatic N) is 1. The fourth-order valence-electron chi connectivity index (χ4n) is 4.81. The first kappa shape index (κ1) is 15.8. The van der Waals surface area contributed by atoms with Crippen molar-refractivity contribution in [3.8, 4) is 0 Å². The lowest BCUT2D eigenvalue weighted by Crippen LogP contribution is -2.48. The molecule has 4 rings (SSSR count). The number of amides is 2. The Labute approximate surface area is 142 Å². The maximum Gasteiger partial charge on any atom is 0.240 e. The average molecular weight is 327 g/mol. The second kappa shape index (κ2) is 5.41. The van der Waals surface area contributed by atoms with Crippen molar-refractivity contribution < 1.29 is 14.7 Å². The fourth-order valence-corrected chi connectivity index (χ4v) is 4.81. The van der Waals surface area contributed by atoms with Gasteiger partial charge in [-0.3, -0.25) is 14.5 Å². The summed E-state index contributed by atoms with van der Waals surface area (Å²) in [4.78, 5) is 27.2. The SMILES string of the molecule is CC1CCC(O)(CN2C(=O)CC3(CCc4ccccc43)C2=O)CC1. The van der Waals surface area contributed by atoms with Gasteiger partial charge in [-0.05, 0) is 55.6 Å². The number of fused-ring (bicyclic) bond motifs is 2. The topological polar surface area (TPSA) is 57.6 Å². The Morgan fingerprint density at radius 2 is 1.88 bits per heavy atom. The quantitative estimate of drug-likeness (QED) is 0.850. The van der Waals surface area contributed by atoms with E-state index in [0.717, 1.165) is 24.8 Å². The average Bonchev–Trinajstić information content (AvgIpc) is 3.05. The summed E-state index contributed by atoms with van der Waals surface area (Å²) in [6.45, 7) is 2.36. The lowest BCUT2D eigenvalue weighted by atomic mass is 9.79. The summed E-state index contributed by atoms with van der Waals surface area (Å²) in [5.74, 6) is 0.400. The van der Waals surface area contributed by atoms with Crippen LogP contribution in [0.25, 0.3) is 0 Å². The van der Waals surface area contributed by atoms with Crippen LogP contribution in [0, 0.1) is 5.92 Å². The van der Waals surface area contributed by atoms with E-state index in [1.165, 1.54) is 10.5 Å². The van der Waals surface area contributed by atoms with Gasteiger partial charge in [0.1, 0.15) is 0 Å². The maximum absolute atomic E-state index is 13.2. The van der Waals surface area contributed by atoms with Crippen LogP contribution in [0.4, 0.5) is 0 Å². The van der Waals surface area contributed by atoms with Crippen molar-refractivity contribution in [2.24, 2.45) is 5.92 Å². The Balaban J connectivity index is 1.59. The van der Waals surface area contributed by atoms with Gasteiger partial charge in [-0.2, -0.15) is 0 Å². The molecule has 24 heavy (non-hydrogen) atoms. The molecule has 1 aromatic carbocycles. The molecule has 1 aromatic rings. The molecule has 3 aliphatic rings. The number of hydrogen-bond acceptors (Lipinski definition) is 3. The molecule has 1 spiro atoms. The zero-order chi connectivity index (χ0) is 16.9. The Bertz CT molecular complexity index is 690. The molecule has 0 radical (unpaired) electrons. The van der Waals surface area contributed by atoms with Gasteiger partial charge in [-0.25, -0.2) is 0 Å². The molecule has 1 heterocycles. The van der Waals surface area contributed by atoms with E-state index in [-0.39, 0.29) is 24.8 Å². The van der Waals surface area contributed by atoms with E-state index >= 15 is 0 Å². The van der Waals surface area contributed by atoms with E-state index in [9.17, 15) is 14.7 Å². The van der Waals surface area contributed by atoms with E-state index in [0.29, 0.717) is 25.2 Å². The number of aliphatic hydroxyl groups is 1.